The van der Waals surface area contributed by atoms with Crippen molar-refractivity contribution in [3.63, 3.8) is 0 Å². The van der Waals surface area contributed by atoms with E-state index in [9.17, 15) is 0 Å². The Kier molecular flexibility index (Phi) is 3.41. The molecule has 0 radical (unpaired) electrons. The van der Waals surface area contributed by atoms with Crippen LogP contribution in [0.3, 0.4) is 0 Å². The average Bonchev–Trinajstić information content (AvgIpc) is 2.96. The van der Waals surface area contributed by atoms with E-state index < -0.39 is 0 Å². The molecule has 1 aliphatic heterocycles. The van der Waals surface area contributed by atoms with Crippen molar-refractivity contribution in [3.8, 4) is 0 Å². The number of rotatable bonds is 4. The first-order valence-electron chi connectivity index (χ1n) is 6.33. The minimum atomic E-state index is 0.685. The van der Waals surface area contributed by atoms with E-state index >= 15 is 0 Å². The van der Waals surface area contributed by atoms with Gasteiger partial charge < -0.3 is 10.6 Å². The maximum atomic E-state index is 3.55. The third-order valence-corrected chi connectivity index (χ3v) is 4.44. The molecule has 1 aromatic heterocycles. The van der Waals surface area contributed by atoms with Crippen LogP contribution in [0.2, 0.25) is 0 Å². The molecule has 90 valence electrons. The molecule has 1 fully saturated rings. The van der Waals surface area contributed by atoms with Crippen molar-refractivity contribution in [1.29, 1.82) is 0 Å². The van der Waals surface area contributed by atoms with Crippen LogP contribution >= 0.6 is 11.3 Å². The Balaban J connectivity index is 1.57. The zero-order valence-electron chi connectivity index (χ0n) is 9.91. The summed E-state index contributed by atoms with van der Waals surface area (Å²) < 4.78 is 1.39. The maximum absolute atomic E-state index is 3.55. The summed E-state index contributed by atoms with van der Waals surface area (Å²) in [6, 6.07) is 11.6. The molecular formula is C14H18N2S. The van der Waals surface area contributed by atoms with Crippen molar-refractivity contribution in [2.75, 3.05) is 13.1 Å². The van der Waals surface area contributed by atoms with E-state index in [-0.39, 0.29) is 0 Å². The third kappa shape index (κ3) is 2.68. The molecule has 0 bridgehead atoms. The van der Waals surface area contributed by atoms with Crippen LogP contribution in [-0.4, -0.2) is 19.1 Å². The largest absolute Gasteiger partial charge is 0.313 e. The van der Waals surface area contributed by atoms with Crippen molar-refractivity contribution in [3.05, 3.63) is 35.2 Å². The molecule has 0 amide bonds. The van der Waals surface area contributed by atoms with Crippen molar-refractivity contribution in [2.45, 2.75) is 25.4 Å². The number of thiophene rings is 1. The van der Waals surface area contributed by atoms with E-state index in [1.807, 2.05) is 11.3 Å². The standard InChI is InChI=1S/C14H18N2S/c1-2-6-14-11(4-1)8-13(17-14)10-15-9-12-5-3-7-16-12/h1-2,4,6,8,12,15-16H,3,5,7,9-10H2/t12-/m0/s1. The van der Waals surface area contributed by atoms with E-state index in [1.54, 1.807) is 0 Å². The number of fused-ring (bicyclic) bond motifs is 1. The van der Waals surface area contributed by atoms with Gasteiger partial charge in [-0.25, -0.2) is 0 Å². The van der Waals surface area contributed by atoms with Gasteiger partial charge in [0.05, 0.1) is 0 Å². The van der Waals surface area contributed by atoms with Crippen molar-refractivity contribution >= 4 is 21.4 Å². The third-order valence-electron chi connectivity index (χ3n) is 3.33. The van der Waals surface area contributed by atoms with Gasteiger partial charge in [0.2, 0.25) is 0 Å². The number of hydrogen-bond donors (Lipinski definition) is 2. The smallest absolute Gasteiger partial charge is 0.0346 e. The van der Waals surface area contributed by atoms with Gasteiger partial charge in [-0.15, -0.1) is 11.3 Å². The van der Waals surface area contributed by atoms with Crippen molar-refractivity contribution < 1.29 is 0 Å². The average molecular weight is 246 g/mol. The van der Waals surface area contributed by atoms with Crippen molar-refractivity contribution in [1.82, 2.24) is 10.6 Å². The number of hydrogen-bond acceptors (Lipinski definition) is 3. The van der Waals surface area contributed by atoms with Crippen molar-refractivity contribution in [2.24, 2.45) is 0 Å². The van der Waals surface area contributed by atoms with Gasteiger partial charge in [0.25, 0.3) is 0 Å². The molecule has 1 atom stereocenters. The molecule has 1 saturated heterocycles. The summed E-state index contributed by atoms with van der Waals surface area (Å²) in [4.78, 5) is 1.43. The normalized spacial score (nSPS) is 20.1. The lowest BCUT2D eigenvalue weighted by atomic mass is 10.2. The second-order valence-corrected chi connectivity index (χ2v) is 5.84. The Morgan fingerprint density at radius 2 is 2.29 bits per heavy atom. The monoisotopic (exact) mass is 246 g/mol. The Hall–Kier alpha value is -0.900. The molecular weight excluding hydrogens is 228 g/mol. The van der Waals surface area contributed by atoms with Crippen LogP contribution in [0.1, 0.15) is 17.7 Å². The summed E-state index contributed by atoms with van der Waals surface area (Å²) in [5.41, 5.74) is 0. The Bertz CT molecular complexity index is 453. The summed E-state index contributed by atoms with van der Waals surface area (Å²) in [7, 11) is 0. The van der Waals surface area contributed by atoms with Gasteiger partial charge in [-0.3, -0.25) is 0 Å². The van der Waals surface area contributed by atoms with Crippen LogP contribution in [0, 0.1) is 0 Å². The predicted molar refractivity (Wildman–Crippen MR) is 74.6 cm³/mol. The first-order chi connectivity index (χ1) is 8.42. The quantitative estimate of drug-likeness (QED) is 0.867. The van der Waals surface area contributed by atoms with E-state index in [2.05, 4.69) is 41.0 Å². The van der Waals surface area contributed by atoms with Gasteiger partial charge in [-0.2, -0.15) is 0 Å². The molecule has 1 aliphatic rings. The molecule has 0 aliphatic carbocycles. The minimum Gasteiger partial charge on any atom is -0.313 e. The predicted octanol–water partition coefficient (Wildman–Crippen LogP) is 2.74. The second kappa shape index (κ2) is 5.17. The van der Waals surface area contributed by atoms with Gasteiger partial charge in [0, 0.05) is 28.7 Å². The summed E-state index contributed by atoms with van der Waals surface area (Å²) in [5, 5.41) is 8.43. The molecule has 17 heavy (non-hydrogen) atoms. The van der Waals surface area contributed by atoms with E-state index in [0.717, 1.165) is 13.1 Å². The van der Waals surface area contributed by atoms with Gasteiger partial charge in [0.15, 0.2) is 0 Å². The first kappa shape index (κ1) is 11.2. The Morgan fingerprint density at radius 1 is 1.35 bits per heavy atom. The molecule has 2 nitrogen and oxygen atoms in total. The lowest BCUT2D eigenvalue weighted by Crippen LogP contribution is -2.33. The highest BCUT2D eigenvalue weighted by Crippen LogP contribution is 2.24. The Morgan fingerprint density at radius 3 is 3.12 bits per heavy atom. The lowest BCUT2D eigenvalue weighted by molar-refractivity contribution is 0.537. The number of nitrogens with one attached hydrogen (secondary N) is 2. The van der Waals surface area contributed by atoms with E-state index in [4.69, 9.17) is 0 Å². The molecule has 0 saturated carbocycles. The second-order valence-electron chi connectivity index (χ2n) is 4.67. The van der Waals surface area contributed by atoms with Gasteiger partial charge >= 0.3 is 0 Å². The first-order valence-corrected chi connectivity index (χ1v) is 7.15. The summed E-state index contributed by atoms with van der Waals surface area (Å²) >= 11 is 1.90. The van der Waals surface area contributed by atoms with Crippen LogP contribution in [0.25, 0.3) is 10.1 Å². The van der Waals surface area contributed by atoms with Crippen LogP contribution in [0.15, 0.2) is 30.3 Å². The molecule has 2 N–H and O–H groups in total. The van der Waals surface area contributed by atoms with Gasteiger partial charge in [0.1, 0.15) is 0 Å². The molecule has 0 unspecified atom stereocenters. The van der Waals surface area contributed by atoms with E-state index in [0.29, 0.717) is 6.04 Å². The Labute approximate surface area is 106 Å². The SMILES string of the molecule is c1ccc2sc(CNC[C@@H]3CCCN3)cc2c1. The summed E-state index contributed by atoms with van der Waals surface area (Å²) in [5.74, 6) is 0. The zero-order chi connectivity index (χ0) is 11.5. The van der Waals surface area contributed by atoms with Crippen LogP contribution in [0.4, 0.5) is 0 Å². The molecule has 2 aromatic rings. The van der Waals surface area contributed by atoms with Gasteiger partial charge in [-0.05, 0) is 36.9 Å². The van der Waals surface area contributed by atoms with Gasteiger partial charge in [-0.1, -0.05) is 18.2 Å². The summed E-state index contributed by atoms with van der Waals surface area (Å²) in [6.45, 7) is 3.28. The van der Waals surface area contributed by atoms with Crippen LogP contribution in [0.5, 0.6) is 0 Å². The van der Waals surface area contributed by atoms with Crippen LogP contribution in [-0.2, 0) is 6.54 Å². The molecule has 2 heterocycles. The maximum Gasteiger partial charge on any atom is 0.0346 e. The minimum absolute atomic E-state index is 0.685. The highest BCUT2D eigenvalue weighted by Gasteiger charge is 2.12. The highest BCUT2D eigenvalue weighted by atomic mass is 32.1. The number of benzene rings is 1. The van der Waals surface area contributed by atoms with E-state index in [1.165, 1.54) is 34.3 Å². The topological polar surface area (TPSA) is 24.1 Å². The zero-order valence-corrected chi connectivity index (χ0v) is 10.7. The molecule has 3 rings (SSSR count). The fourth-order valence-corrected chi connectivity index (χ4v) is 3.46. The molecule has 1 aromatic carbocycles. The lowest BCUT2D eigenvalue weighted by Gasteiger charge is -2.10. The fourth-order valence-electron chi connectivity index (χ4n) is 2.42. The molecule has 0 spiro atoms. The highest BCUT2D eigenvalue weighted by molar-refractivity contribution is 7.19. The summed E-state index contributed by atoms with van der Waals surface area (Å²) in [6.07, 6.45) is 2.65. The molecule has 3 heteroatoms. The fraction of sp³-hybridized carbons (Fsp3) is 0.429. The van der Waals surface area contributed by atoms with Crippen LogP contribution < -0.4 is 10.6 Å².